The van der Waals surface area contributed by atoms with Gasteiger partial charge in [0.25, 0.3) is 11.8 Å². The molecular formula is C26H31N3O5. The minimum Gasteiger partial charge on any atom is -0.489 e. The van der Waals surface area contributed by atoms with Gasteiger partial charge in [-0.2, -0.15) is 5.48 Å². The molecule has 3 atom stereocenters. The smallest absolute Gasteiger partial charge is 0.434 e. The van der Waals surface area contributed by atoms with Gasteiger partial charge in [-0.3, -0.25) is 9.59 Å². The Kier molecular flexibility index (Phi) is 7.05. The second-order valence-corrected chi connectivity index (χ2v) is 8.78. The highest BCUT2D eigenvalue weighted by Crippen LogP contribution is 2.44. The van der Waals surface area contributed by atoms with Crippen molar-refractivity contribution in [3.8, 4) is 5.75 Å². The number of hydrogen-bond donors (Lipinski definition) is 2. The van der Waals surface area contributed by atoms with Gasteiger partial charge in [-0.25, -0.2) is 4.79 Å². The van der Waals surface area contributed by atoms with E-state index in [9.17, 15) is 14.4 Å². The molecule has 8 heteroatoms. The standard InChI is InChI=1S/C26H31N3O5/c1-4-19-12-8-9-13-29(19)26(32)34-28-24(30)18-14-20-22(17-10-6-5-7-11-17)16(2)33-23(20)21(15-18)25(31)27-3/h5-7,10-11,14-16,19,22H,4,8-9,12-13H2,1-3H3,(H,27,31)(H,28,30). The number of hydrogen-bond acceptors (Lipinski definition) is 5. The highest BCUT2D eigenvalue weighted by atomic mass is 16.7. The zero-order chi connectivity index (χ0) is 24.2. The number of likely N-dealkylation sites (tertiary alicyclic amines) is 1. The van der Waals surface area contributed by atoms with E-state index in [-0.39, 0.29) is 35.1 Å². The number of rotatable bonds is 4. The third-order valence-electron chi connectivity index (χ3n) is 6.68. The molecule has 2 aromatic carbocycles. The summed E-state index contributed by atoms with van der Waals surface area (Å²) in [6.07, 6.45) is 2.98. The van der Waals surface area contributed by atoms with Crippen molar-refractivity contribution in [1.29, 1.82) is 0 Å². The Bertz CT molecular complexity index is 1070. The number of amides is 3. The average Bonchev–Trinajstić information content (AvgIpc) is 3.21. The molecule has 3 unspecified atom stereocenters. The van der Waals surface area contributed by atoms with Gasteiger partial charge >= 0.3 is 6.09 Å². The Hall–Kier alpha value is -3.55. The predicted octanol–water partition coefficient (Wildman–Crippen LogP) is 4.00. The van der Waals surface area contributed by atoms with Gasteiger partial charge in [0.2, 0.25) is 0 Å². The number of benzene rings is 2. The third-order valence-corrected chi connectivity index (χ3v) is 6.68. The van der Waals surface area contributed by atoms with Gasteiger partial charge in [-0.05, 0) is 50.3 Å². The quantitative estimate of drug-likeness (QED) is 0.665. The molecule has 2 aromatic rings. The van der Waals surface area contributed by atoms with Gasteiger partial charge in [0.1, 0.15) is 11.9 Å². The number of nitrogens with zero attached hydrogens (tertiary/aromatic N) is 1. The van der Waals surface area contributed by atoms with Gasteiger partial charge in [0, 0.05) is 36.7 Å². The summed E-state index contributed by atoms with van der Waals surface area (Å²) in [5.41, 5.74) is 4.54. The Morgan fingerprint density at radius 2 is 1.88 bits per heavy atom. The third kappa shape index (κ3) is 4.58. The number of piperidine rings is 1. The lowest BCUT2D eigenvalue weighted by molar-refractivity contribution is 0.0292. The van der Waals surface area contributed by atoms with Crippen LogP contribution in [0.3, 0.4) is 0 Å². The van der Waals surface area contributed by atoms with Gasteiger partial charge in [0.05, 0.1) is 5.56 Å². The van der Waals surface area contributed by atoms with E-state index in [1.54, 1.807) is 11.0 Å². The molecule has 1 fully saturated rings. The predicted molar refractivity (Wildman–Crippen MR) is 127 cm³/mol. The molecule has 0 bridgehead atoms. The number of fused-ring (bicyclic) bond motifs is 1. The highest BCUT2D eigenvalue weighted by molar-refractivity contribution is 6.02. The number of nitrogens with one attached hydrogen (secondary N) is 2. The molecular weight excluding hydrogens is 434 g/mol. The normalized spacial score (nSPS) is 21.3. The van der Waals surface area contributed by atoms with Crippen LogP contribution in [0.2, 0.25) is 0 Å². The van der Waals surface area contributed by atoms with Crippen LogP contribution in [0.1, 0.15) is 77.3 Å². The van der Waals surface area contributed by atoms with Crippen LogP contribution in [0.25, 0.3) is 0 Å². The summed E-state index contributed by atoms with van der Waals surface area (Å²) in [6, 6.07) is 13.1. The second kappa shape index (κ2) is 10.2. The molecule has 4 rings (SSSR count). The molecule has 2 N–H and O–H groups in total. The fourth-order valence-corrected chi connectivity index (χ4v) is 4.94. The first-order valence-electron chi connectivity index (χ1n) is 11.8. The molecule has 0 aliphatic carbocycles. The topological polar surface area (TPSA) is 97.0 Å². The summed E-state index contributed by atoms with van der Waals surface area (Å²) < 4.78 is 6.08. The number of ether oxygens (including phenoxy) is 1. The van der Waals surface area contributed by atoms with E-state index >= 15 is 0 Å². The first-order chi connectivity index (χ1) is 16.4. The molecule has 1 saturated heterocycles. The van der Waals surface area contributed by atoms with Crippen molar-refractivity contribution in [3.05, 3.63) is 64.7 Å². The first kappa shape index (κ1) is 23.6. The van der Waals surface area contributed by atoms with E-state index in [2.05, 4.69) is 10.8 Å². The monoisotopic (exact) mass is 465 g/mol. The molecule has 0 radical (unpaired) electrons. The van der Waals surface area contributed by atoms with E-state index in [1.807, 2.05) is 44.2 Å². The maximum atomic E-state index is 13.0. The summed E-state index contributed by atoms with van der Waals surface area (Å²) in [7, 11) is 1.53. The molecule has 34 heavy (non-hydrogen) atoms. The molecule has 8 nitrogen and oxygen atoms in total. The number of carbonyl (C=O) groups is 3. The van der Waals surface area contributed by atoms with Crippen LogP contribution in [0, 0.1) is 0 Å². The Morgan fingerprint density at radius 1 is 1.12 bits per heavy atom. The van der Waals surface area contributed by atoms with Crippen molar-refractivity contribution >= 4 is 17.9 Å². The van der Waals surface area contributed by atoms with E-state index in [0.717, 1.165) is 36.8 Å². The summed E-state index contributed by atoms with van der Waals surface area (Å²) in [5, 5.41) is 2.61. The number of carbonyl (C=O) groups excluding carboxylic acids is 3. The molecule has 0 spiro atoms. The van der Waals surface area contributed by atoms with E-state index < -0.39 is 12.0 Å². The largest absolute Gasteiger partial charge is 0.489 e. The van der Waals surface area contributed by atoms with Crippen molar-refractivity contribution < 1.29 is 24.0 Å². The van der Waals surface area contributed by atoms with E-state index in [0.29, 0.717) is 12.3 Å². The molecule has 2 heterocycles. The lowest BCUT2D eigenvalue weighted by atomic mass is 9.87. The molecule has 180 valence electrons. The maximum Gasteiger partial charge on any atom is 0.434 e. The second-order valence-electron chi connectivity index (χ2n) is 8.78. The lowest BCUT2D eigenvalue weighted by Gasteiger charge is -2.33. The van der Waals surface area contributed by atoms with Crippen molar-refractivity contribution in [2.45, 2.75) is 57.6 Å². The van der Waals surface area contributed by atoms with Gasteiger partial charge in [-0.1, -0.05) is 37.3 Å². The van der Waals surface area contributed by atoms with Crippen molar-refractivity contribution in [2.75, 3.05) is 13.6 Å². The Balaban J connectivity index is 1.60. The summed E-state index contributed by atoms with van der Waals surface area (Å²) in [5.74, 6) is -0.637. The molecule has 2 aliphatic rings. The fourth-order valence-electron chi connectivity index (χ4n) is 4.94. The SMILES string of the molecule is CCC1CCCCN1C(=O)ONC(=O)c1cc(C(=O)NC)c2c(c1)C(c1ccccc1)C(C)O2. The summed E-state index contributed by atoms with van der Waals surface area (Å²) in [6.45, 7) is 4.59. The number of hydroxylamine groups is 1. The molecule has 0 saturated carbocycles. The highest BCUT2D eigenvalue weighted by Gasteiger charge is 2.36. The summed E-state index contributed by atoms with van der Waals surface area (Å²) in [4.78, 5) is 45.0. The zero-order valence-corrected chi connectivity index (χ0v) is 19.8. The molecule has 3 amide bonds. The Labute approximate surface area is 199 Å². The van der Waals surface area contributed by atoms with Crippen LogP contribution >= 0.6 is 0 Å². The van der Waals surface area contributed by atoms with Crippen LogP contribution in [0.15, 0.2) is 42.5 Å². The minimum absolute atomic E-state index is 0.114. The molecule has 2 aliphatic heterocycles. The average molecular weight is 466 g/mol. The van der Waals surface area contributed by atoms with Gasteiger partial charge < -0.3 is 19.8 Å². The minimum atomic E-state index is -0.599. The van der Waals surface area contributed by atoms with Crippen molar-refractivity contribution in [3.63, 3.8) is 0 Å². The van der Waals surface area contributed by atoms with Crippen LogP contribution in [-0.2, 0) is 4.84 Å². The fraction of sp³-hybridized carbons (Fsp3) is 0.423. The summed E-state index contributed by atoms with van der Waals surface area (Å²) >= 11 is 0. The van der Waals surface area contributed by atoms with Crippen molar-refractivity contribution in [1.82, 2.24) is 15.7 Å². The van der Waals surface area contributed by atoms with Crippen LogP contribution in [-0.4, -0.2) is 48.5 Å². The maximum absolute atomic E-state index is 13.0. The molecule has 0 aromatic heterocycles. The van der Waals surface area contributed by atoms with Crippen molar-refractivity contribution in [2.24, 2.45) is 0 Å². The van der Waals surface area contributed by atoms with E-state index in [1.165, 1.54) is 13.1 Å². The van der Waals surface area contributed by atoms with Crippen LogP contribution < -0.4 is 15.5 Å². The zero-order valence-electron chi connectivity index (χ0n) is 19.8. The first-order valence-corrected chi connectivity index (χ1v) is 11.8. The Morgan fingerprint density at radius 3 is 2.59 bits per heavy atom. The van der Waals surface area contributed by atoms with E-state index in [4.69, 9.17) is 9.57 Å². The van der Waals surface area contributed by atoms with Crippen LogP contribution in [0.4, 0.5) is 4.79 Å². The van der Waals surface area contributed by atoms with Gasteiger partial charge in [-0.15, -0.1) is 0 Å². The van der Waals surface area contributed by atoms with Gasteiger partial charge in [0.15, 0.2) is 0 Å². The van der Waals surface area contributed by atoms with Crippen LogP contribution in [0.5, 0.6) is 5.75 Å². The lowest BCUT2D eigenvalue weighted by Crippen LogP contribution is -2.46.